The lowest BCUT2D eigenvalue weighted by Gasteiger charge is -2.19. The summed E-state index contributed by atoms with van der Waals surface area (Å²) < 4.78 is 4.56. The Morgan fingerprint density at radius 1 is 1.12 bits per heavy atom. The van der Waals surface area contributed by atoms with Crippen molar-refractivity contribution in [2.45, 2.75) is 59.0 Å². The van der Waals surface area contributed by atoms with Crippen molar-refractivity contribution in [2.75, 3.05) is 13.7 Å². The average molecular weight is 356 g/mol. The first-order valence-corrected chi connectivity index (χ1v) is 8.66. The van der Waals surface area contributed by atoms with Gasteiger partial charge in [0.1, 0.15) is 5.92 Å². The van der Waals surface area contributed by atoms with Crippen molar-refractivity contribution >= 4 is 11.9 Å². The molecule has 144 valence electrons. The van der Waals surface area contributed by atoms with Crippen molar-refractivity contribution in [3.63, 3.8) is 0 Å². The van der Waals surface area contributed by atoms with Crippen LogP contribution >= 0.6 is 0 Å². The molecule has 0 fully saturated rings. The molecule has 0 amide bonds. The largest absolute Gasteiger partial charge is 0.478 e. The lowest BCUT2D eigenvalue weighted by molar-refractivity contribution is -0.151. The van der Waals surface area contributed by atoms with E-state index in [-0.39, 0.29) is 0 Å². The summed E-state index contributed by atoms with van der Waals surface area (Å²) in [6.45, 7) is 5.47. The Bertz CT molecular complexity index is 480. The number of hydrogen-bond donors (Lipinski definition) is 3. The van der Waals surface area contributed by atoms with E-state index in [1.54, 1.807) is 6.92 Å². The van der Waals surface area contributed by atoms with Gasteiger partial charge in [0.05, 0.1) is 19.8 Å². The van der Waals surface area contributed by atoms with E-state index in [9.17, 15) is 14.7 Å². The van der Waals surface area contributed by atoms with Crippen LogP contribution in [0.2, 0.25) is 0 Å². The highest BCUT2D eigenvalue weighted by Crippen LogP contribution is 2.20. The van der Waals surface area contributed by atoms with E-state index in [0.29, 0.717) is 12.3 Å². The molecule has 0 aliphatic rings. The highest BCUT2D eigenvalue weighted by molar-refractivity contribution is 5.81. The van der Waals surface area contributed by atoms with Crippen molar-refractivity contribution in [1.29, 1.82) is 0 Å². The quantitative estimate of drug-likeness (QED) is 0.215. The Balaban J connectivity index is 4.19. The zero-order valence-electron chi connectivity index (χ0n) is 15.7. The monoisotopic (exact) mass is 356 g/mol. The number of methoxy groups -OCH3 is 1. The number of allylic oxidation sites excluding steroid dienone is 3. The standard InChI is InChI=1S/C19H32O6/c1-13(9-14(2)10-15(3)11-18(22)23)7-5-6-8-17(21)16(12-20)19(24)25-4/h10-11,13,16-17,20-21H,5-9,12H2,1-4H3,(H,22,23)/b14-10+,15-11+/t13-,16-,17-/m1/s1. The first-order valence-electron chi connectivity index (χ1n) is 8.66. The number of ether oxygens (including phenoxy) is 1. The molecule has 0 aliphatic heterocycles. The van der Waals surface area contributed by atoms with Crippen LogP contribution in [0, 0.1) is 11.8 Å². The molecule has 0 radical (unpaired) electrons. The molecule has 6 heteroatoms. The number of rotatable bonds is 12. The maximum atomic E-state index is 11.4. The molecule has 0 rings (SSSR count). The molecule has 0 unspecified atom stereocenters. The molecule has 0 saturated heterocycles. The molecule has 0 spiro atoms. The smallest absolute Gasteiger partial charge is 0.328 e. The third-order valence-electron chi connectivity index (χ3n) is 4.11. The van der Waals surface area contributed by atoms with Crippen molar-refractivity contribution in [3.8, 4) is 0 Å². The third-order valence-corrected chi connectivity index (χ3v) is 4.11. The topological polar surface area (TPSA) is 104 Å². The molecule has 0 bridgehead atoms. The van der Waals surface area contributed by atoms with Gasteiger partial charge in [0.15, 0.2) is 0 Å². The van der Waals surface area contributed by atoms with E-state index >= 15 is 0 Å². The predicted octanol–water partition coefficient (Wildman–Crippen LogP) is 2.69. The van der Waals surface area contributed by atoms with Gasteiger partial charge in [0.2, 0.25) is 0 Å². The van der Waals surface area contributed by atoms with Crippen molar-refractivity contribution in [2.24, 2.45) is 11.8 Å². The van der Waals surface area contributed by atoms with Gasteiger partial charge < -0.3 is 20.1 Å². The van der Waals surface area contributed by atoms with Crippen LogP contribution in [0.1, 0.15) is 52.9 Å². The minimum Gasteiger partial charge on any atom is -0.478 e. The molecule has 3 N–H and O–H groups in total. The maximum Gasteiger partial charge on any atom is 0.328 e. The van der Waals surface area contributed by atoms with Crippen LogP contribution in [-0.4, -0.2) is 47.1 Å². The Morgan fingerprint density at radius 2 is 1.72 bits per heavy atom. The van der Waals surface area contributed by atoms with Gasteiger partial charge in [-0.25, -0.2) is 4.79 Å². The maximum absolute atomic E-state index is 11.4. The number of carbonyl (C=O) groups is 2. The molecule has 0 aromatic carbocycles. The van der Waals surface area contributed by atoms with Gasteiger partial charge in [-0.1, -0.05) is 37.8 Å². The van der Waals surface area contributed by atoms with Gasteiger partial charge in [-0.3, -0.25) is 4.79 Å². The minimum atomic E-state index is -0.943. The number of aliphatic carboxylic acids is 1. The van der Waals surface area contributed by atoms with Gasteiger partial charge in [0.25, 0.3) is 0 Å². The molecular weight excluding hydrogens is 324 g/mol. The number of hydrogen-bond acceptors (Lipinski definition) is 5. The number of carboxylic acid groups (broad SMARTS) is 1. The molecule has 6 nitrogen and oxygen atoms in total. The van der Waals surface area contributed by atoms with Crippen molar-refractivity contribution in [3.05, 3.63) is 23.3 Å². The lowest BCUT2D eigenvalue weighted by atomic mass is 9.93. The first kappa shape index (κ1) is 23.3. The fourth-order valence-electron chi connectivity index (χ4n) is 2.89. The van der Waals surface area contributed by atoms with Crippen LogP contribution < -0.4 is 0 Å². The number of aliphatic hydroxyl groups excluding tert-OH is 2. The fraction of sp³-hybridized carbons (Fsp3) is 0.684. The van der Waals surface area contributed by atoms with E-state index < -0.39 is 30.6 Å². The summed E-state index contributed by atoms with van der Waals surface area (Å²) in [6, 6.07) is 0. The lowest BCUT2D eigenvalue weighted by Crippen LogP contribution is -2.32. The van der Waals surface area contributed by atoms with Crippen LogP contribution in [-0.2, 0) is 14.3 Å². The van der Waals surface area contributed by atoms with Gasteiger partial charge in [-0.05, 0) is 38.2 Å². The normalized spacial score (nSPS) is 16.2. The van der Waals surface area contributed by atoms with Crippen molar-refractivity contribution < 1.29 is 29.6 Å². The predicted molar refractivity (Wildman–Crippen MR) is 96.0 cm³/mol. The summed E-state index contributed by atoms with van der Waals surface area (Å²) >= 11 is 0. The number of carboxylic acids is 1. The zero-order valence-corrected chi connectivity index (χ0v) is 15.7. The summed E-state index contributed by atoms with van der Waals surface area (Å²) in [5.74, 6) is -1.97. The van der Waals surface area contributed by atoms with Crippen LogP contribution in [0.25, 0.3) is 0 Å². The van der Waals surface area contributed by atoms with E-state index in [1.807, 2.05) is 13.0 Å². The van der Waals surface area contributed by atoms with Crippen LogP contribution in [0.15, 0.2) is 23.3 Å². The number of esters is 1. The van der Waals surface area contributed by atoms with E-state index in [2.05, 4.69) is 11.7 Å². The van der Waals surface area contributed by atoms with Crippen LogP contribution in [0.5, 0.6) is 0 Å². The molecule has 25 heavy (non-hydrogen) atoms. The average Bonchev–Trinajstić information content (AvgIpc) is 2.50. The van der Waals surface area contributed by atoms with Crippen LogP contribution in [0.4, 0.5) is 0 Å². The first-order chi connectivity index (χ1) is 11.7. The molecule has 0 aliphatic carbocycles. The summed E-state index contributed by atoms with van der Waals surface area (Å²) in [6.07, 6.45) is 6.16. The van der Waals surface area contributed by atoms with Crippen molar-refractivity contribution in [1.82, 2.24) is 0 Å². The molecule has 3 atom stereocenters. The molecular formula is C19H32O6. The second-order valence-electron chi connectivity index (χ2n) is 6.69. The minimum absolute atomic E-state index is 0.419. The Kier molecular flexibility index (Phi) is 11.8. The molecule has 0 heterocycles. The molecule has 0 aromatic rings. The Morgan fingerprint density at radius 3 is 2.24 bits per heavy atom. The number of aliphatic hydroxyl groups is 2. The SMILES string of the molecule is COC(=O)[C@H](CO)[C@H](O)CCCC[C@@H](C)C/C(C)=C/C(C)=C/C(=O)O. The van der Waals surface area contributed by atoms with Crippen LogP contribution in [0.3, 0.4) is 0 Å². The fourth-order valence-corrected chi connectivity index (χ4v) is 2.89. The highest BCUT2D eigenvalue weighted by Gasteiger charge is 2.26. The van der Waals surface area contributed by atoms with E-state index in [0.717, 1.165) is 36.8 Å². The second kappa shape index (κ2) is 12.7. The van der Waals surface area contributed by atoms with E-state index in [4.69, 9.17) is 10.2 Å². The summed E-state index contributed by atoms with van der Waals surface area (Å²) in [4.78, 5) is 22.0. The summed E-state index contributed by atoms with van der Waals surface area (Å²) in [7, 11) is 1.24. The molecule has 0 aromatic heterocycles. The number of unbranched alkanes of at least 4 members (excludes halogenated alkanes) is 1. The zero-order chi connectivity index (χ0) is 19.4. The third kappa shape index (κ3) is 10.7. The second-order valence-corrected chi connectivity index (χ2v) is 6.69. The highest BCUT2D eigenvalue weighted by atomic mass is 16.5. The van der Waals surface area contributed by atoms with Gasteiger partial charge in [-0.2, -0.15) is 0 Å². The summed E-state index contributed by atoms with van der Waals surface area (Å²) in [5, 5.41) is 27.8. The Hall–Kier alpha value is -1.66. The van der Waals surface area contributed by atoms with Gasteiger partial charge >= 0.3 is 11.9 Å². The molecule has 0 saturated carbocycles. The van der Waals surface area contributed by atoms with Gasteiger partial charge in [-0.15, -0.1) is 0 Å². The van der Waals surface area contributed by atoms with Gasteiger partial charge in [0, 0.05) is 6.08 Å². The Labute approximate surface area is 150 Å². The summed E-state index contributed by atoms with van der Waals surface area (Å²) in [5.41, 5.74) is 1.85. The van der Waals surface area contributed by atoms with E-state index in [1.165, 1.54) is 13.2 Å². The number of carbonyl (C=O) groups excluding carboxylic acids is 1.